The number of carboxylic acids is 1. The molecule has 1 aromatic carbocycles. The highest BCUT2D eigenvalue weighted by Gasteiger charge is 2.25. The predicted octanol–water partition coefficient (Wildman–Crippen LogP) is 3.59. The summed E-state index contributed by atoms with van der Waals surface area (Å²) in [5.41, 5.74) is 2.46. The van der Waals surface area contributed by atoms with Gasteiger partial charge < -0.3 is 10.0 Å². The number of hydrogen-bond acceptors (Lipinski definition) is 2. The molecule has 23 heavy (non-hydrogen) atoms. The maximum atomic E-state index is 12.5. The van der Waals surface area contributed by atoms with E-state index in [4.69, 9.17) is 5.11 Å². The van der Waals surface area contributed by atoms with Crippen molar-refractivity contribution in [3.8, 4) is 0 Å². The Balaban J connectivity index is 1.88. The fourth-order valence-corrected chi connectivity index (χ4v) is 3.31. The van der Waals surface area contributed by atoms with Gasteiger partial charge in [-0.05, 0) is 43.6 Å². The summed E-state index contributed by atoms with van der Waals surface area (Å²) in [6, 6.07) is 8.44. The first-order chi connectivity index (χ1) is 11.0. The van der Waals surface area contributed by atoms with Gasteiger partial charge in [0.2, 0.25) is 5.91 Å². The van der Waals surface area contributed by atoms with Gasteiger partial charge in [0.05, 0.1) is 0 Å². The normalized spacial score (nSPS) is 17.0. The topological polar surface area (TPSA) is 57.6 Å². The quantitative estimate of drug-likeness (QED) is 0.872. The van der Waals surface area contributed by atoms with Gasteiger partial charge in [-0.3, -0.25) is 9.59 Å². The Kier molecular flexibility index (Phi) is 6.20. The molecule has 1 saturated heterocycles. The average Bonchev–Trinajstić information content (AvgIpc) is 2.53. The smallest absolute Gasteiger partial charge is 0.303 e. The van der Waals surface area contributed by atoms with Gasteiger partial charge in [-0.15, -0.1) is 0 Å². The Labute approximate surface area is 138 Å². The molecule has 1 unspecified atom stereocenters. The molecule has 1 aliphatic heterocycles. The zero-order valence-corrected chi connectivity index (χ0v) is 14.1. The Bertz CT molecular complexity index is 530. The molecule has 1 amide bonds. The molecule has 0 saturated carbocycles. The number of likely N-dealkylation sites (tertiary alicyclic amines) is 1. The summed E-state index contributed by atoms with van der Waals surface area (Å²) in [5.74, 6) is -0.0538. The minimum Gasteiger partial charge on any atom is -0.481 e. The number of carboxylic acid groups (broad SMARTS) is 1. The second-order valence-corrected chi connectivity index (χ2v) is 6.64. The number of hydrogen-bond donors (Lipinski definition) is 1. The summed E-state index contributed by atoms with van der Waals surface area (Å²) in [4.78, 5) is 25.2. The maximum Gasteiger partial charge on any atom is 0.303 e. The van der Waals surface area contributed by atoms with Crippen LogP contribution in [0.5, 0.6) is 0 Å². The van der Waals surface area contributed by atoms with E-state index >= 15 is 0 Å². The first-order valence-corrected chi connectivity index (χ1v) is 8.55. The Morgan fingerprint density at radius 1 is 1.22 bits per heavy atom. The number of benzene rings is 1. The van der Waals surface area contributed by atoms with Crippen LogP contribution in [-0.4, -0.2) is 35.0 Å². The molecule has 0 aromatic heterocycles. The highest BCUT2D eigenvalue weighted by Crippen LogP contribution is 2.26. The van der Waals surface area contributed by atoms with Crippen molar-refractivity contribution in [2.24, 2.45) is 5.92 Å². The van der Waals surface area contributed by atoms with E-state index in [0.717, 1.165) is 19.3 Å². The van der Waals surface area contributed by atoms with Gasteiger partial charge >= 0.3 is 5.97 Å². The second kappa shape index (κ2) is 8.14. The lowest BCUT2D eigenvalue weighted by Crippen LogP contribution is -2.39. The molecule has 126 valence electrons. The molecule has 1 aromatic rings. The lowest BCUT2D eigenvalue weighted by atomic mass is 9.90. The van der Waals surface area contributed by atoms with Crippen LogP contribution in [0.15, 0.2) is 24.3 Å². The van der Waals surface area contributed by atoms with Crippen molar-refractivity contribution in [3.05, 3.63) is 35.4 Å². The summed E-state index contributed by atoms with van der Waals surface area (Å²) in [7, 11) is 0. The molecule has 2 rings (SSSR count). The molecule has 1 aliphatic rings. The molecule has 0 aliphatic carbocycles. The maximum absolute atomic E-state index is 12.5. The molecule has 1 atom stereocenters. The average molecular weight is 317 g/mol. The number of amides is 1. The van der Waals surface area contributed by atoms with Crippen LogP contribution in [0.3, 0.4) is 0 Å². The number of aryl methyl sites for hydroxylation is 1. The van der Waals surface area contributed by atoms with Gasteiger partial charge in [-0.25, -0.2) is 0 Å². The standard InChI is InChI=1S/C19H27NO3/c1-3-16(17-6-4-14(2)5-7-17)13-18(21)20-10-8-15(9-11-20)12-19(22)23/h4-7,15-16H,3,8-13H2,1-2H3,(H,22,23). The van der Waals surface area contributed by atoms with Crippen LogP contribution in [-0.2, 0) is 9.59 Å². The van der Waals surface area contributed by atoms with E-state index in [-0.39, 0.29) is 24.2 Å². The van der Waals surface area contributed by atoms with E-state index in [0.29, 0.717) is 19.5 Å². The summed E-state index contributed by atoms with van der Waals surface area (Å²) in [6.45, 7) is 5.58. The van der Waals surface area contributed by atoms with Gasteiger partial charge in [0.1, 0.15) is 0 Å². The molecule has 1 heterocycles. The van der Waals surface area contributed by atoms with Crippen LogP contribution in [0.4, 0.5) is 0 Å². The number of carbonyl (C=O) groups is 2. The molecule has 4 nitrogen and oxygen atoms in total. The van der Waals surface area contributed by atoms with E-state index in [1.807, 2.05) is 4.90 Å². The molecule has 0 radical (unpaired) electrons. The molecule has 0 bridgehead atoms. The van der Waals surface area contributed by atoms with Crippen molar-refractivity contribution in [2.75, 3.05) is 13.1 Å². The third-order valence-corrected chi connectivity index (χ3v) is 4.89. The summed E-state index contributed by atoms with van der Waals surface area (Å²) < 4.78 is 0. The van der Waals surface area contributed by atoms with Crippen LogP contribution >= 0.6 is 0 Å². The van der Waals surface area contributed by atoms with Crippen molar-refractivity contribution in [3.63, 3.8) is 0 Å². The van der Waals surface area contributed by atoms with Gasteiger partial charge in [-0.1, -0.05) is 36.8 Å². The predicted molar refractivity (Wildman–Crippen MR) is 90.4 cm³/mol. The van der Waals surface area contributed by atoms with Crippen molar-refractivity contribution >= 4 is 11.9 Å². The Hall–Kier alpha value is -1.84. The highest BCUT2D eigenvalue weighted by molar-refractivity contribution is 5.77. The third kappa shape index (κ3) is 5.08. The highest BCUT2D eigenvalue weighted by atomic mass is 16.4. The molecular formula is C19H27NO3. The summed E-state index contributed by atoms with van der Waals surface area (Å²) in [6.07, 6.45) is 3.33. The summed E-state index contributed by atoms with van der Waals surface area (Å²) in [5, 5.41) is 8.86. The first kappa shape index (κ1) is 17.5. The van der Waals surface area contributed by atoms with Crippen molar-refractivity contribution in [1.29, 1.82) is 0 Å². The molecular weight excluding hydrogens is 290 g/mol. The molecule has 1 N–H and O–H groups in total. The van der Waals surface area contributed by atoms with Gasteiger partial charge in [0.15, 0.2) is 0 Å². The van der Waals surface area contributed by atoms with Crippen LogP contribution in [0, 0.1) is 12.8 Å². The van der Waals surface area contributed by atoms with Crippen molar-refractivity contribution < 1.29 is 14.7 Å². The monoisotopic (exact) mass is 317 g/mol. The second-order valence-electron chi connectivity index (χ2n) is 6.64. The zero-order valence-electron chi connectivity index (χ0n) is 14.1. The van der Waals surface area contributed by atoms with Crippen LogP contribution in [0.1, 0.15) is 56.1 Å². The fourth-order valence-electron chi connectivity index (χ4n) is 3.31. The lowest BCUT2D eigenvalue weighted by Gasteiger charge is -2.32. The van der Waals surface area contributed by atoms with Crippen molar-refractivity contribution in [1.82, 2.24) is 4.90 Å². The zero-order chi connectivity index (χ0) is 16.8. The van der Waals surface area contributed by atoms with Gasteiger partial charge in [-0.2, -0.15) is 0 Å². The summed E-state index contributed by atoms with van der Waals surface area (Å²) >= 11 is 0. The Morgan fingerprint density at radius 2 is 1.83 bits per heavy atom. The van der Waals surface area contributed by atoms with Gasteiger partial charge in [0.25, 0.3) is 0 Å². The molecule has 1 fully saturated rings. The first-order valence-electron chi connectivity index (χ1n) is 8.55. The lowest BCUT2D eigenvalue weighted by molar-refractivity contribution is -0.138. The minimum atomic E-state index is -0.736. The van der Waals surface area contributed by atoms with E-state index < -0.39 is 5.97 Å². The van der Waals surface area contributed by atoms with E-state index in [2.05, 4.69) is 38.1 Å². The van der Waals surface area contributed by atoms with Crippen molar-refractivity contribution in [2.45, 2.75) is 51.9 Å². The van der Waals surface area contributed by atoms with E-state index in [9.17, 15) is 9.59 Å². The van der Waals surface area contributed by atoms with E-state index in [1.54, 1.807) is 0 Å². The number of aliphatic carboxylic acids is 1. The number of rotatable bonds is 6. The number of piperidine rings is 1. The Morgan fingerprint density at radius 3 is 2.35 bits per heavy atom. The number of carbonyl (C=O) groups excluding carboxylic acids is 1. The largest absolute Gasteiger partial charge is 0.481 e. The number of nitrogens with zero attached hydrogens (tertiary/aromatic N) is 1. The molecule has 0 spiro atoms. The van der Waals surface area contributed by atoms with Crippen LogP contribution in [0.2, 0.25) is 0 Å². The minimum absolute atomic E-state index is 0.200. The van der Waals surface area contributed by atoms with Gasteiger partial charge in [0, 0.05) is 25.9 Å². The van der Waals surface area contributed by atoms with Crippen LogP contribution in [0.25, 0.3) is 0 Å². The third-order valence-electron chi connectivity index (χ3n) is 4.89. The fraction of sp³-hybridized carbons (Fsp3) is 0.579. The molecule has 4 heteroatoms. The SMILES string of the molecule is CCC(CC(=O)N1CCC(CC(=O)O)CC1)c1ccc(C)cc1. The van der Waals surface area contributed by atoms with E-state index in [1.165, 1.54) is 11.1 Å². The van der Waals surface area contributed by atoms with Crippen LogP contribution < -0.4 is 0 Å².